The van der Waals surface area contributed by atoms with Crippen LogP contribution < -0.4 is 5.32 Å². The van der Waals surface area contributed by atoms with Gasteiger partial charge in [-0.05, 0) is 31.0 Å². The molecule has 1 spiro atoms. The molecule has 2 aliphatic rings. The second kappa shape index (κ2) is 8.03. The van der Waals surface area contributed by atoms with Gasteiger partial charge in [-0.2, -0.15) is 0 Å². The molecule has 0 radical (unpaired) electrons. The van der Waals surface area contributed by atoms with Crippen molar-refractivity contribution in [1.29, 1.82) is 0 Å². The van der Waals surface area contributed by atoms with Gasteiger partial charge in [0.1, 0.15) is 16.7 Å². The third-order valence-corrected chi connectivity index (χ3v) is 7.79. The van der Waals surface area contributed by atoms with Crippen LogP contribution >= 0.6 is 11.6 Å². The van der Waals surface area contributed by atoms with Crippen molar-refractivity contribution in [2.75, 3.05) is 36.5 Å². The summed E-state index contributed by atoms with van der Waals surface area (Å²) in [5.74, 6) is 0.0593. The monoisotopic (exact) mass is 454 g/mol. The molecule has 0 aromatic carbocycles. The number of pyridine rings is 2. The van der Waals surface area contributed by atoms with Crippen LogP contribution in [0.1, 0.15) is 18.9 Å². The Morgan fingerprint density at radius 1 is 1.30 bits per heavy atom. The molecule has 0 aliphatic carbocycles. The van der Waals surface area contributed by atoms with Crippen molar-refractivity contribution in [3.05, 3.63) is 41.1 Å². The highest BCUT2D eigenvalue weighted by Gasteiger charge is 2.55. The molecule has 0 bridgehead atoms. The SMILES string of the molecule is C[C@@H](O)CCNc1cc(Cl)ncc1-c1ncc(CN2CC3(C2)CS(=O)(=O)C3)cc1F. The van der Waals surface area contributed by atoms with E-state index in [-0.39, 0.29) is 27.8 Å². The summed E-state index contributed by atoms with van der Waals surface area (Å²) >= 11 is 5.99. The van der Waals surface area contributed by atoms with Gasteiger partial charge < -0.3 is 10.4 Å². The van der Waals surface area contributed by atoms with E-state index in [9.17, 15) is 17.9 Å². The summed E-state index contributed by atoms with van der Waals surface area (Å²) in [6, 6.07) is 3.07. The maximum atomic E-state index is 14.9. The van der Waals surface area contributed by atoms with Gasteiger partial charge in [-0.3, -0.25) is 9.88 Å². The summed E-state index contributed by atoms with van der Waals surface area (Å²) in [4.78, 5) is 10.5. The smallest absolute Gasteiger partial charge is 0.151 e. The average Bonchev–Trinajstić information content (AvgIpc) is 2.59. The number of aliphatic hydroxyl groups excluding tert-OH is 1. The van der Waals surface area contributed by atoms with Crippen LogP contribution in [0, 0.1) is 11.2 Å². The first-order chi connectivity index (χ1) is 14.1. The zero-order valence-corrected chi connectivity index (χ0v) is 18.2. The molecule has 162 valence electrons. The van der Waals surface area contributed by atoms with Crippen LogP contribution in [0.2, 0.25) is 5.15 Å². The fourth-order valence-electron chi connectivity index (χ4n) is 4.29. The number of rotatable bonds is 7. The Labute approximate surface area is 180 Å². The lowest BCUT2D eigenvalue weighted by Gasteiger charge is -2.54. The predicted molar refractivity (Wildman–Crippen MR) is 114 cm³/mol. The van der Waals surface area contributed by atoms with E-state index in [4.69, 9.17) is 11.6 Å². The molecule has 0 amide bonds. The summed E-state index contributed by atoms with van der Waals surface area (Å²) in [5.41, 5.74) is 1.92. The number of aliphatic hydroxyl groups is 1. The van der Waals surface area contributed by atoms with E-state index < -0.39 is 21.8 Å². The Hall–Kier alpha value is -1.81. The van der Waals surface area contributed by atoms with Gasteiger partial charge in [-0.1, -0.05) is 11.6 Å². The molecule has 2 fully saturated rings. The van der Waals surface area contributed by atoms with Crippen LogP contribution in [0.5, 0.6) is 0 Å². The summed E-state index contributed by atoms with van der Waals surface area (Å²) < 4.78 is 37.7. The van der Waals surface area contributed by atoms with Gasteiger partial charge >= 0.3 is 0 Å². The van der Waals surface area contributed by atoms with Crippen LogP contribution in [0.4, 0.5) is 10.1 Å². The van der Waals surface area contributed by atoms with E-state index >= 15 is 0 Å². The fraction of sp³-hybridized carbons (Fsp3) is 0.500. The lowest BCUT2D eigenvalue weighted by atomic mass is 9.82. The lowest BCUT2D eigenvalue weighted by molar-refractivity contribution is 0.0179. The number of nitrogens with one attached hydrogen (secondary N) is 1. The first-order valence-corrected chi connectivity index (χ1v) is 12.0. The van der Waals surface area contributed by atoms with Crippen molar-refractivity contribution in [3.8, 4) is 11.3 Å². The number of hydrogen-bond donors (Lipinski definition) is 2. The molecule has 2 N–H and O–H groups in total. The highest BCUT2D eigenvalue weighted by molar-refractivity contribution is 7.92. The van der Waals surface area contributed by atoms with Crippen molar-refractivity contribution < 1.29 is 17.9 Å². The Kier molecular flexibility index (Phi) is 5.73. The predicted octanol–water partition coefficient (Wildman–Crippen LogP) is 2.35. The number of anilines is 1. The van der Waals surface area contributed by atoms with E-state index in [1.807, 2.05) is 0 Å². The Bertz CT molecular complexity index is 1040. The van der Waals surface area contributed by atoms with E-state index in [0.717, 1.165) is 5.56 Å². The number of sulfone groups is 1. The molecule has 2 aliphatic heterocycles. The molecular formula is C20H24ClFN4O3S. The molecule has 30 heavy (non-hydrogen) atoms. The van der Waals surface area contributed by atoms with Crippen LogP contribution in [0.15, 0.2) is 24.5 Å². The molecule has 4 heterocycles. The van der Waals surface area contributed by atoms with E-state index in [0.29, 0.717) is 43.9 Å². The van der Waals surface area contributed by atoms with Gasteiger partial charge in [-0.15, -0.1) is 0 Å². The standard InChI is InChI=1S/C20H24ClFN4O3S/c1-13(27)2-3-23-17-5-18(21)24-7-15(17)19-16(22)4-14(6-25-19)8-26-9-20(10-26)11-30(28,29)12-20/h4-7,13,27H,2-3,8-12H2,1H3,(H,23,24)/t13-/m1/s1. The summed E-state index contributed by atoms with van der Waals surface area (Å²) in [6.07, 6.45) is 3.20. The molecular weight excluding hydrogens is 431 g/mol. The van der Waals surface area contributed by atoms with Gasteiger partial charge in [0.05, 0.1) is 17.6 Å². The quantitative estimate of drug-likeness (QED) is 0.620. The maximum Gasteiger partial charge on any atom is 0.151 e. The Morgan fingerprint density at radius 2 is 2.03 bits per heavy atom. The fourth-order valence-corrected chi connectivity index (χ4v) is 6.59. The number of likely N-dealkylation sites (tertiary alicyclic amines) is 1. The molecule has 4 rings (SSSR count). The zero-order valence-electron chi connectivity index (χ0n) is 16.6. The van der Waals surface area contributed by atoms with Crippen molar-refractivity contribution in [3.63, 3.8) is 0 Å². The minimum atomic E-state index is -2.84. The number of nitrogens with zero attached hydrogens (tertiary/aromatic N) is 3. The van der Waals surface area contributed by atoms with Gasteiger partial charge in [0.2, 0.25) is 0 Å². The molecule has 0 unspecified atom stereocenters. The van der Waals surface area contributed by atoms with Gasteiger partial charge in [-0.25, -0.2) is 17.8 Å². The number of aromatic nitrogens is 2. The van der Waals surface area contributed by atoms with Crippen molar-refractivity contribution in [1.82, 2.24) is 14.9 Å². The van der Waals surface area contributed by atoms with E-state index in [2.05, 4.69) is 20.2 Å². The van der Waals surface area contributed by atoms with Crippen molar-refractivity contribution >= 4 is 27.1 Å². The largest absolute Gasteiger partial charge is 0.393 e. The Balaban J connectivity index is 1.45. The van der Waals surface area contributed by atoms with E-state index in [1.165, 1.54) is 12.3 Å². The number of halogens is 2. The molecule has 0 saturated carbocycles. The van der Waals surface area contributed by atoms with Crippen LogP contribution in [0.3, 0.4) is 0 Å². The summed E-state index contributed by atoms with van der Waals surface area (Å²) in [5, 5.41) is 12.9. The van der Waals surface area contributed by atoms with Crippen LogP contribution in [-0.2, 0) is 16.4 Å². The first kappa shape index (κ1) is 21.4. The van der Waals surface area contributed by atoms with Gasteiger partial charge in [0, 0.05) is 55.2 Å². The molecule has 2 aromatic heterocycles. The average molecular weight is 455 g/mol. The second-order valence-electron chi connectivity index (χ2n) is 8.47. The molecule has 2 aromatic rings. The van der Waals surface area contributed by atoms with E-state index in [1.54, 1.807) is 19.2 Å². The first-order valence-electron chi connectivity index (χ1n) is 9.80. The minimum Gasteiger partial charge on any atom is -0.393 e. The lowest BCUT2D eigenvalue weighted by Crippen LogP contribution is -2.67. The highest BCUT2D eigenvalue weighted by atomic mass is 35.5. The molecule has 7 nitrogen and oxygen atoms in total. The minimum absolute atomic E-state index is 0.0909. The molecule has 2 saturated heterocycles. The highest BCUT2D eigenvalue weighted by Crippen LogP contribution is 2.42. The Morgan fingerprint density at radius 3 is 2.67 bits per heavy atom. The number of hydrogen-bond acceptors (Lipinski definition) is 7. The normalized spacial score (nSPS) is 20.4. The third kappa shape index (κ3) is 4.59. The summed E-state index contributed by atoms with van der Waals surface area (Å²) in [7, 11) is -2.84. The van der Waals surface area contributed by atoms with Crippen LogP contribution in [-0.4, -0.2) is 65.6 Å². The summed E-state index contributed by atoms with van der Waals surface area (Å²) in [6.45, 7) is 4.16. The zero-order chi connectivity index (χ0) is 21.5. The van der Waals surface area contributed by atoms with Crippen LogP contribution in [0.25, 0.3) is 11.3 Å². The molecule has 1 atom stereocenters. The maximum absolute atomic E-state index is 14.9. The van der Waals surface area contributed by atoms with Crippen molar-refractivity contribution in [2.24, 2.45) is 5.41 Å². The second-order valence-corrected chi connectivity index (χ2v) is 10.9. The topological polar surface area (TPSA) is 95.4 Å². The van der Waals surface area contributed by atoms with Gasteiger partial charge in [0.15, 0.2) is 9.84 Å². The molecule has 10 heteroatoms. The van der Waals surface area contributed by atoms with Gasteiger partial charge in [0.25, 0.3) is 0 Å². The van der Waals surface area contributed by atoms with Crippen molar-refractivity contribution in [2.45, 2.75) is 26.0 Å². The third-order valence-electron chi connectivity index (χ3n) is 5.48.